The molecule has 0 spiro atoms. The molecule has 0 radical (unpaired) electrons. The van der Waals surface area contributed by atoms with Crippen molar-refractivity contribution < 1.29 is 9.18 Å². The highest BCUT2D eigenvalue weighted by molar-refractivity contribution is 9.10. The van der Waals surface area contributed by atoms with Gasteiger partial charge in [-0.3, -0.25) is 9.69 Å². The Kier molecular flexibility index (Phi) is 7.05. The summed E-state index contributed by atoms with van der Waals surface area (Å²) in [4.78, 5) is 16.8. The lowest BCUT2D eigenvalue weighted by molar-refractivity contribution is -0.129. The average Bonchev–Trinajstić information content (AvgIpc) is 2.68. The summed E-state index contributed by atoms with van der Waals surface area (Å²) in [7, 11) is 0. The lowest BCUT2D eigenvalue weighted by Crippen LogP contribution is -2.53. The number of amides is 1. The zero-order valence-corrected chi connectivity index (χ0v) is 17.7. The highest BCUT2D eigenvalue weighted by atomic mass is 79.9. The summed E-state index contributed by atoms with van der Waals surface area (Å²) in [6, 6.07) is 11.9. The molecule has 1 fully saturated rings. The third-order valence-corrected chi connectivity index (χ3v) is 5.67. The van der Waals surface area contributed by atoms with Crippen LogP contribution in [0, 0.1) is 5.82 Å². The van der Waals surface area contributed by atoms with E-state index in [4.69, 9.17) is 11.6 Å². The van der Waals surface area contributed by atoms with Gasteiger partial charge in [0.15, 0.2) is 0 Å². The van der Waals surface area contributed by atoms with Crippen molar-refractivity contribution in [3.8, 4) is 0 Å². The van der Waals surface area contributed by atoms with E-state index < -0.39 is 0 Å². The lowest BCUT2D eigenvalue weighted by Gasteiger charge is -2.39. The van der Waals surface area contributed by atoms with E-state index in [2.05, 4.69) is 27.4 Å². The van der Waals surface area contributed by atoms with Gasteiger partial charge >= 0.3 is 0 Å². The Labute approximate surface area is 178 Å². The molecule has 2 aromatic rings. The summed E-state index contributed by atoms with van der Waals surface area (Å²) in [6.45, 7) is 6.69. The summed E-state index contributed by atoms with van der Waals surface area (Å²) in [5.74, 6) is -0.282. The fourth-order valence-electron chi connectivity index (χ4n) is 3.23. The Morgan fingerprint density at radius 1 is 1.25 bits per heavy atom. The van der Waals surface area contributed by atoms with Gasteiger partial charge in [-0.15, -0.1) is 6.58 Å². The maximum absolute atomic E-state index is 13.1. The minimum atomic E-state index is -0.234. The van der Waals surface area contributed by atoms with Crippen molar-refractivity contribution in [2.45, 2.75) is 12.6 Å². The lowest BCUT2D eigenvalue weighted by atomic mass is 10.1. The maximum atomic E-state index is 13.1. The number of hydrogen-bond acceptors (Lipinski definition) is 2. The zero-order valence-electron chi connectivity index (χ0n) is 15.3. The molecular weight excluding hydrogens is 443 g/mol. The number of carbonyl (C=O) groups is 1. The smallest absolute Gasteiger partial charge is 0.247 e. The van der Waals surface area contributed by atoms with Crippen LogP contribution in [0.25, 0.3) is 6.08 Å². The molecule has 1 saturated heterocycles. The molecular formula is C22H21BrClFN2O. The third kappa shape index (κ3) is 5.31. The predicted molar refractivity (Wildman–Crippen MR) is 116 cm³/mol. The maximum Gasteiger partial charge on any atom is 0.247 e. The Morgan fingerprint density at radius 3 is 2.68 bits per heavy atom. The van der Waals surface area contributed by atoms with Crippen molar-refractivity contribution in [2.24, 2.45) is 0 Å². The van der Waals surface area contributed by atoms with Crippen molar-refractivity contribution in [3.05, 3.63) is 87.6 Å². The van der Waals surface area contributed by atoms with Crippen LogP contribution in [0.5, 0.6) is 0 Å². The first-order valence-electron chi connectivity index (χ1n) is 8.99. The van der Waals surface area contributed by atoms with Crippen LogP contribution in [0.1, 0.15) is 11.1 Å². The fraction of sp³-hybridized carbons (Fsp3) is 0.227. The second-order valence-corrected chi connectivity index (χ2v) is 7.99. The van der Waals surface area contributed by atoms with E-state index in [0.717, 1.165) is 28.7 Å². The molecule has 3 rings (SSSR count). The summed E-state index contributed by atoms with van der Waals surface area (Å²) in [5.41, 5.74) is 1.94. The molecule has 1 atom stereocenters. The number of piperazine rings is 1. The van der Waals surface area contributed by atoms with Crippen LogP contribution in [0.4, 0.5) is 4.39 Å². The summed E-state index contributed by atoms with van der Waals surface area (Å²) < 4.78 is 13.9. The molecule has 1 aliphatic rings. The van der Waals surface area contributed by atoms with Gasteiger partial charge < -0.3 is 4.90 Å². The summed E-state index contributed by atoms with van der Waals surface area (Å²) in [5, 5.41) is 0.638. The number of hydrogen-bond donors (Lipinski definition) is 0. The first-order chi connectivity index (χ1) is 13.5. The van der Waals surface area contributed by atoms with Gasteiger partial charge in [-0.25, -0.2) is 4.39 Å². The number of benzene rings is 2. The normalized spacial score (nSPS) is 17.8. The van der Waals surface area contributed by atoms with Gasteiger partial charge in [-0.2, -0.15) is 0 Å². The first-order valence-corrected chi connectivity index (χ1v) is 10.2. The molecule has 0 unspecified atom stereocenters. The zero-order chi connectivity index (χ0) is 20.1. The van der Waals surface area contributed by atoms with E-state index >= 15 is 0 Å². The molecule has 146 valence electrons. The van der Waals surface area contributed by atoms with Crippen LogP contribution in [0.15, 0.2) is 65.7 Å². The molecule has 0 saturated carbocycles. The van der Waals surface area contributed by atoms with E-state index in [1.165, 1.54) is 12.1 Å². The van der Waals surface area contributed by atoms with Gasteiger partial charge in [0, 0.05) is 41.8 Å². The summed E-state index contributed by atoms with van der Waals surface area (Å²) >= 11 is 9.41. The molecule has 1 aliphatic heterocycles. The predicted octanol–water partition coefficient (Wildman–Crippen LogP) is 5.15. The number of halogens is 3. The fourth-order valence-corrected chi connectivity index (χ4v) is 4.04. The third-order valence-electron chi connectivity index (χ3n) is 4.75. The standard InChI is InChI=1S/C22H21BrClFN2O/c1-2-20-15-26(14-16-3-8-19(25)9-4-16)11-12-27(20)22(28)10-6-17-5-7-18(24)13-21(17)23/h2-10,13,20H,1,11-12,14-15H2/b10-6+/t20-/m1/s1. The van der Waals surface area contributed by atoms with E-state index in [-0.39, 0.29) is 17.8 Å². The van der Waals surface area contributed by atoms with Crippen LogP contribution >= 0.6 is 27.5 Å². The molecule has 1 heterocycles. The van der Waals surface area contributed by atoms with E-state index in [9.17, 15) is 9.18 Å². The molecule has 28 heavy (non-hydrogen) atoms. The second-order valence-electron chi connectivity index (χ2n) is 6.70. The van der Waals surface area contributed by atoms with Crippen molar-refractivity contribution >= 4 is 39.5 Å². The molecule has 0 bridgehead atoms. The van der Waals surface area contributed by atoms with Crippen LogP contribution in [-0.2, 0) is 11.3 Å². The molecule has 3 nitrogen and oxygen atoms in total. The first kappa shape index (κ1) is 20.8. The molecule has 2 aromatic carbocycles. The van der Waals surface area contributed by atoms with Crippen LogP contribution in [0.2, 0.25) is 5.02 Å². The SMILES string of the molecule is C=C[C@@H]1CN(Cc2ccc(F)cc2)CCN1C(=O)/C=C/c1ccc(Cl)cc1Br. The summed E-state index contributed by atoms with van der Waals surface area (Å²) in [6.07, 6.45) is 5.18. The second kappa shape index (κ2) is 9.50. The van der Waals surface area contributed by atoms with E-state index in [0.29, 0.717) is 18.1 Å². The van der Waals surface area contributed by atoms with Crippen LogP contribution < -0.4 is 0 Å². The molecule has 6 heteroatoms. The molecule has 0 N–H and O–H groups in total. The van der Waals surface area contributed by atoms with Crippen molar-refractivity contribution in [1.82, 2.24) is 9.80 Å². The van der Waals surface area contributed by atoms with Crippen LogP contribution in [-0.4, -0.2) is 41.4 Å². The Balaban J connectivity index is 1.63. The topological polar surface area (TPSA) is 23.6 Å². The largest absolute Gasteiger partial charge is 0.330 e. The Bertz CT molecular complexity index is 885. The minimum Gasteiger partial charge on any atom is -0.330 e. The number of nitrogens with zero attached hydrogens (tertiary/aromatic N) is 2. The molecule has 0 aromatic heterocycles. The van der Waals surface area contributed by atoms with Crippen LogP contribution in [0.3, 0.4) is 0 Å². The van der Waals surface area contributed by atoms with Gasteiger partial charge in [0.25, 0.3) is 0 Å². The van der Waals surface area contributed by atoms with E-state index in [1.54, 1.807) is 42.5 Å². The Hall–Kier alpha value is -1.95. The minimum absolute atomic E-state index is 0.0480. The van der Waals surface area contributed by atoms with E-state index in [1.807, 2.05) is 11.0 Å². The van der Waals surface area contributed by atoms with Gasteiger partial charge in [0.05, 0.1) is 6.04 Å². The van der Waals surface area contributed by atoms with Gasteiger partial charge in [-0.1, -0.05) is 51.8 Å². The molecule has 1 amide bonds. The van der Waals surface area contributed by atoms with Crippen molar-refractivity contribution in [1.29, 1.82) is 0 Å². The highest BCUT2D eigenvalue weighted by Gasteiger charge is 2.27. The van der Waals surface area contributed by atoms with Crippen molar-refractivity contribution in [2.75, 3.05) is 19.6 Å². The number of carbonyl (C=O) groups excluding carboxylic acids is 1. The van der Waals surface area contributed by atoms with Gasteiger partial charge in [-0.05, 0) is 41.5 Å². The average molecular weight is 464 g/mol. The Morgan fingerprint density at radius 2 is 2.00 bits per heavy atom. The van der Waals surface area contributed by atoms with Gasteiger partial charge in [0.1, 0.15) is 5.82 Å². The molecule has 0 aliphatic carbocycles. The van der Waals surface area contributed by atoms with Gasteiger partial charge in [0.2, 0.25) is 5.91 Å². The van der Waals surface area contributed by atoms with Crippen molar-refractivity contribution in [3.63, 3.8) is 0 Å². The number of rotatable bonds is 5. The highest BCUT2D eigenvalue weighted by Crippen LogP contribution is 2.23. The monoisotopic (exact) mass is 462 g/mol. The quantitative estimate of drug-likeness (QED) is 0.452.